The Balaban J connectivity index is 1.90. The standard InChI is InChI=1S/C18H17BrN2/c1-20-18(9-13-8-17(19)12-21-11-13)16-7-6-14-4-2-3-5-15(14)10-16/h2-8,10-12,18,20H,9H2,1H3. The van der Waals surface area contributed by atoms with Crippen LogP contribution in [-0.4, -0.2) is 12.0 Å². The number of pyridine rings is 1. The molecule has 21 heavy (non-hydrogen) atoms. The predicted octanol–water partition coefficient (Wildman–Crippen LogP) is 4.50. The fourth-order valence-electron chi connectivity index (χ4n) is 2.61. The Bertz CT molecular complexity index is 755. The van der Waals surface area contributed by atoms with E-state index in [0.29, 0.717) is 0 Å². The van der Waals surface area contributed by atoms with Gasteiger partial charge in [0.2, 0.25) is 0 Å². The molecule has 3 heteroatoms. The summed E-state index contributed by atoms with van der Waals surface area (Å²) < 4.78 is 1.02. The van der Waals surface area contributed by atoms with E-state index >= 15 is 0 Å². The number of fused-ring (bicyclic) bond motifs is 1. The van der Waals surface area contributed by atoms with E-state index in [0.717, 1.165) is 10.9 Å². The molecule has 0 saturated heterocycles. The Morgan fingerprint density at radius 3 is 2.62 bits per heavy atom. The van der Waals surface area contributed by atoms with Crippen molar-refractivity contribution in [2.75, 3.05) is 7.05 Å². The van der Waals surface area contributed by atoms with E-state index in [1.54, 1.807) is 0 Å². The molecule has 2 aromatic carbocycles. The minimum absolute atomic E-state index is 0.283. The maximum Gasteiger partial charge on any atom is 0.0410 e. The van der Waals surface area contributed by atoms with Crippen LogP contribution < -0.4 is 5.32 Å². The third-order valence-electron chi connectivity index (χ3n) is 3.73. The molecule has 0 spiro atoms. The lowest BCUT2D eigenvalue weighted by atomic mass is 9.97. The van der Waals surface area contributed by atoms with Gasteiger partial charge in [0.15, 0.2) is 0 Å². The van der Waals surface area contributed by atoms with Crippen LogP contribution in [0, 0.1) is 0 Å². The molecule has 3 rings (SSSR count). The first-order chi connectivity index (χ1) is 10.3. The minimum atomic E-state index is 0.283. The van der Waals surface area contributed by atoms with E-state index in [1.165, 1.54) is 21.9 Å². The van der Waals surface area contributed by atoms with Gasteiger partial charge in [0.05, 0.1) is 0 Å². The van der Waals surface area contributed by atoms with Crippen LogP contribution in [0.3, 0.4) is 0 Å². The van der Waals surface area contributed by atoms with Crippen molar-refractivity contribution < 1.29 is 0 Å². The molecule has 3 aromatic rings. The Kier molecular flexibility index (Phi) is 4.32. The number of aromatic nitrogens is 1. The van der Waals surface area contributed by atoms with Gasteiger partial charge in [-0.2, -0.15) is 0 Å². The van der Waals surface area contributed by atoms with Crippen LogP contribution in [0.25, 0.3) is 10.8 Å². The summed E-state index contributed by atoms with van der Waals surface area (Å²) in [6.07, 6.45) is 4.66. The monoisotopic (exact) mass is 340 g/mol. The fraction of sp³-hybridized carbons (Fsp3) is 0.167. The molecule has 0 aliphatic carbocycles. The van der Waals surface area contributed by atoms with Gasteiger partial charge in [0, 0.05) is 22.9 Å². The van der Waals surface area contributed by atoms with Crippen LogP contribution in [0.5, 0.6) is 0 Å². The summed E-state index contributed by atoms with van der Waals surface area (Å²) in [5.74, 6) is 0. The number of benzene rings is 2. The van der Waals surface area contributed by atoms with Crippen LogP contribution >= 0.6 is 15.9 Å². The zero-order valence-corrected chi connectivity index (χ0v) is 13.5. The van der Waals surface area contributed by atoms with Gasteiger partial charge >= 0.3 is 0 Å². The molecule has 106 valence electrons. The fourth-order valence-corrected chi connectivity index (χ4v) is 3.03. The highest BCUT2D eigenvalue weighted by atomic mass is 79.9. The molecule has 0 radical (unpaired) electrons. The van der Waals surface area contributed by atoms with E-state index in [4.69, 9.17) is 0 Å². The second-order valence-electron chi connectivity index (χ2n) is 5.16. The molecule has 0 saturated carbocycles. The van der Waals surface area contributed by atoms with E-state index in [2.05, 4.69) is 74.8 Å². The van der Waals surface area contributed by atoms with Gasteiger partial charge in [-0.3, -0.25) is 4.98 Å². The van der Waals surface area contributed by atoms with Crippen LogP contribution in [0.1, 0.15) is 17.2 Å². The first kappa shape index (κ1) is 14.2. The largest absolute Gasteiger partial charge is 0.313 e. The van der Waals surface area contributed by atoms with Crippen LogP contribution in [0.4, 0.5) is 0 Å². The molecule has 2 nitrogen and oxygen atoms in total. The Morgan fingerprint density at radius 1 is 1.05 bits per heavy atom. The maximum atomic E-state index is 4.24. The molecule has 0 fully saturated rings. The molecule has 1 atom stereocenters. The van der Waals surface area contributed by atoms with Crippen molar-refractivity contribution >= 4 is 26.7 Å². The van der Waals surface area contributed by atoms with Crippen molar-refractivity contribution in [3.8, 4) is 0 Å². The second-order valence-corrected chi connectivity index (χ2v) is 6.08. The first-order valence-electron chi connectivity index (χ1n) is 7.01. The lowest BCUT2D eigenvalue weighted by Gasteiger charge is -2.17. The molecule has 1 heterocycles. The summed E-state index contributed by atoms with van der Waals surface area (Å²) in [4.78, 5) is 4.24. The number of nitrogens with one attached hydrogen (secondary N) is 1. The van der Waals surface area contributed by atoms with Gasteiger partial charge in [0.25, 0.3) is 0 Å². The third-order valence-corrected chi connectivity index (χ3v) is 4.16. The van der Waals surface area contributed by atoms with Crippen molar-refractivity contribution in [3.63, 3.8) is 0 Å². The van der Waals surface area contributed by atoms with Crippen molar-refractivity contribution in [1.82, 2.24) is 10.3 Å². The Hall–Kier alpha value is -1.71. The van der Waals surface area contributed by atoms with Crippen molar-refractivity contribution in [3.05, 3.63) is 76.5 Å². The summed E-state index contributed by atoms with van der Waals surface area (Å²) >= 11 is 3.48. The average molecular weight is 341 g/mol. The smallest absolute Gasteiger partial charge is 0.0410 e. The van der Waals surface area contributed by atoms with Gasteiger partial charge in [-0.1, -0.05) is 36.4 Å². The number of likely N-dealkylation sites (N-methyl/N-ethyl adjacent to an activating group) is 1. The SMILES string of the molecule is CNC(Cc1cncc(Br)c1)c1ccc2ccccc2c1. The van der Waals surface area contributed by atoms with Crippen LogP contribution in [-0.2, 0) is 6.42 Å². The predicted molar refractivity (Wildman–Crippen MR) is 91.4 cm³/mol. The van der Waals surface area contributed by atoms with Gasteiger partial charge in [0.1, 0.15) is 0 Å². The van der Waals surface area contributed by atoms with Gasteiger partial charge < -0.3 is 5.32 Å². The molecule has 0 aliphatic heterocycles. The van der Waals surface area contributed by atoms with E-state index in [-0.39, 0.29) is 6.04 Å². The van der Waals surface area contributed by atoms with Crippen LogP contribution in [0.15, 0.2) is 65.4 Å². The Labute approximate surface area is 133 Å². The summed E-state index contributed by atoms with van der Waals surface area (Å²) in [5, 5.41) is 5.97. The van der Waals surface area contributed by atoms with E-state index < -0.39 is 0 Å². The van der Waals surface area contributed by atoms with Crippen molar-refractivity contribution in [2.24, 2.45) is 0 Å². The quantitative estimate of drug-likeness (QED) is 0.756. The number of hydrogen-bond donors (Lipinski definition) is 1. The van der Waals surface area contributed by atoms with Gasteiger partial charge in [-0.25, -0.2) is 0 Å². The van der Waals surface area contributed by atoms with Crippen LogP contribution in [0.2, 0.25) is 0 Å². The summed E-state index contributed by atoms with van der Waals surface area (Å²) in [6.45, 7) is 0. The van der Waals surface area contributed by atoms with E-state index in [1.807, 2.05) is 19.4 Å². The Morgan fingerprint density at radius 2 is 1.86 bits per heavy atom. The molecule has 0 bridgehead atoms. The topological polar surface area (TPSA) is 24.9 Å². The highest BCUT2D eigenvalue weighted by molar-refractivity contribution is 9.10. The highest BCUT2D eigenvalue weighted by Crippen LogP contribution is 2.23. The highest BCUT2D eigenvalue weighted by Gasteiger charge is 2.11. The molecular weight excluding hydrogens is 324 g/mol. The van der Waals surface area contributed by atoms with Crippen molar-refractivity contribution in [2.45, 2.75) is 12.5 Å². The molecule has 0 aliphatic rings. The number of nitrogens with zero attached hydrogens (tertiary/aromatic N) is 1. The zero-order chi connectivity index (χ0) is 14.7. The minimum Gasteiger partial charge on any atom is -0.313 e. The van der Waals surface area contributed by atoms with E-state index in [9.17, 15) is 0 Å². The third kappa shape index (κ3) is 3.31. The number of halogens is 1. The van der Waals surface area contributed by atoms with Gasteiger partial charge in [-0.05, 0) is 63.4 Å². The molecule has 0 amide bonds. The zero-order valence-electron chi connectivity index (χ0n) is 11.9. The lowest BCUT2D eigenvalue weighted by Crippen LogP contribution is -2.18. The molecular formula is C18H17BrN2. The summed E-state index contributed by atoms with van der Waals surface area (Å²) in [5.41, 5.74) is 2.52. The normalized spacial score (nSPS) is 12.5. The average Bonchev–Trinajstić information content (AvgIpc) is 2.52. The maximum absolute atomic E-state index is 4.24. The number of rotatable bonds is 4. The molecule has 1 aromatic heterocycles. The molecule has 1 unspecified atom stereocenters. The summed E-state index contributed by atoms with van der Waals surface area (Å²) in [7, 11) is 2.01. The lowest BCUT2D eigenvalue weighted by molar-refractivity contribution is 0.591. The number of hydrogen-bond acceptors (Lipinski definition) is 2. The van der Waals surface area contributed by atoms with Gasteiger partial charge in [-0.15, -0.1) is 0 Å². The second kappa shape index (κ2) is 6.37. The molecule has 1 N–H and O–H groups in total. The summed E-state index contributed by atoms with van der Waals surface area (Å²) in [6, 6.07) is 17.5. The van der Waals surface area contributed by atoms with Crippen molar-refractivity contribution in [1.29, 1.82) is 0 Å². The first-order valence-corrected chi connectivity index (χ1v) is 7.81.